The third-order valence-corrected chi connectivity index (χ3v) is 4.83. The van der Waals surface area contributed by atoms with E-state index in [-0.39, 0.29) is 23.5 Å². The maximum Gasteiger partial charge on any atom is 0.335 e. The molecule has 20 heavy (non-hydrogen) atoms. The number of nitriles is 1. The molecule has 3 N–H and O–H groups in total. The quantitative estimate of drug-likeness (QED) is 0.782. The summed E-state index contributed by atoms with van der Waals surface area (Å²) in [6, 6.07) is 5.45. The Morgan fingerprint density at radius 2 is 2.15 bits per heavy atom. The summed E-state index contributed by atoms with van der Waals surface area (Å²) in [5.74, 6) is -1.15. The van der Waals surface area contributed by atoms with Gasteiger partial charge in [-0.2, -0.15) is 5.26 Å². The molecule has 1 aromatic rings. The molecular weight excluding hydrogens is 282 g/mol. The molecule has 1 unspecified atom stereocenters. The zero-order chi connectivity index (χ0) is 15.5. The molecule has 1 atom stereocenters. The molecule has 0 spiro atoms. The van der Waals surface area contributed by atoms with Crippen LogP contribution in [0, 0.1) is 11.3 Å². The first-order chi connectivity index (χ1) is 9.25. The number of nitrogens with two attached hydrogens (primary N) is 1. The summed E-state index contributed by atoms with van der Waals surface area (Å²) in [6.07, 6.45) is 0. The molecule has 0 heterocycles. The Kier molecular flexibility index (Phi) is 4.57. The van der Waals surface area contributed by atoms with E-state index in [0.717, 1.165) is 4.31 Å². The highest BCUT2D eigenvalue weighted by Crippen LogP contribution is 2.28. The Morgan fingerprint density at radius 3 is 2.55 bits per heavy atom. The average molecular weight is 297 g/mol. The molecule has 0 fully saturated rings. The van der Waals surface area contributed by atoms with Crippen LogP contribution in [0.4, 0.5) is 11.4 Å². The Morgan fingerprint density at radius 1 is 1.55 bits per heavy atom. The topological polar surface area (TPSA) is 124 Å². The highest BCUT2D eigenvalue weighted by Gasteiger charge is 2.29. The molecule has 0 amide bonds. The smallest absolute Gasteiger partial charge is 0.335 e. The summed E-state index contributed by atoms with van der Waals surface area (Å²) in [7, 11) is -3.87. The molecular formula is C12H15N3O4S. The van der Waals surface area contributed by atoms with E-state index in [4.69, 9.17) is 16.1 Å². The third kappa shape index (κ3) is 2.83. The predicted molar refractivity (Wildman–Crippen MR) is 74.8 cm³/mol. The molecule has 1 rings (SSSR count). The predicted octanol–water partition coefficient (Wildman–Crippen LogP) is 1.04. The molecule has 0 aliphatic heterocycles. The highest BCUT2D eigenvalue weighted by atomic mass is 32.2. The van der Waals surface area contributed by atoms with Crippen molar-refractivity contribution in [3.63, 3.8) is 0 Å². The minimum atomic E-state index is -3.87. The molecule has 1 aromatic carbocycles. The molecule has 0 aliphatic rings. The van der Waals surface area contributed by atoms with E-state index in [1.54, 1.807) is 13.0 Å². The number of benzene rings is 1. The lowest BCUT2D eigenvalue weighted by Gasteiger charge is -2.25. The molecule has 8 heteroatoms. The zero-order valence-corrected chi connectivity index (χ0v) is 11.9. The van der Waals surface area contributed by atoms with Crippen molar-refractivity contribution in [2.45, 2.75) is 19.1 Å². The van der Waals surface area contributed by atoms with Crippen LogP contribution in [0.15, 0.2) is 18.2 Å². The lowest BCUT2D eigenvalue weighted by molar-refractivity contribution is 0.0697. The Balaban J connectivity index is 3.35. The monoisotopic (exact) mass is 297 g/mol. The van der Waals surface area contributed by atoms with E-state index in [0.29, 0.717) is 0 Å². The number of hydrogen-bond donors (Lipinski definition) is 2. The third-order valence-electron chi connectivity index (χ3n) is 2.77. The van der Waals surface area contributed by atoms with Crippen LogP contribution in [0.1, 0.15) is 24.2 Å². The van der Waals surface area contributed by atoms with Crippen LogP contribution in [-0.4, -0.2) is 31.3 Å². The normalized spacial score (nSPS) is 12.4. The number of anilines is 2. The van der Waals surface area contributed by atoms with Crippen LogP contribution in [0.2, 0.25) is 0 Å². The van der Waals surface area contributed by atoms with Gasteiger partial charge >= 0.3 is 5.97 Å². The number of carboxylic acids is 1. The van der Waals surface area contributed by atoms with Crippen LogP contribution >= 0.6 is 0 Å². The second-order valence-electron chi connectivity index (χ2n) is 4.06. The minimum Gasteiger partial charge on any atom is -0.478 e. The summed E-state index contributed by atoms with van der Waals surface area (Å²) in [5.41, 5.74) is 5.88. The van der Waals surface area contributed by atoms with E-state index >= 15 is 0 Å². The van der Waals surface area contributed by atoms with Crippen LogP contribution in [0.5, 0.6) is 0 Å². The summed E-state index contributed by atoms with van der Waals surface area (Å²) in [6.45, 7) is 2.97. The molecule has 0 saturated carbocycles. The van der Waals surface area contributed by atoms with Crippen molar-refractivity contribution in [3.05, 3.63) is 23.8 Å². The van der Waals surface area contributed by atoms with E-state index in [2.05, 4.69) is 0 Å². The maximum absolute atomic E-state index is 12.2. The van der Waals surface area contributed by atoms with Crippen LogP contribution < -0.4 is 10.0 Å². The summed E-state index contributed by atoms with van der Waals surface area (Å²) in [4.78, 5) is 10.8. The minimum absolute atomic E-state index is 0.0282. The fourth-order valence-electron chi connectivity index (χ4n) is 1.66. The first kappa shape index (κ1) is 15.8. The van der Waals surface area contributed by atoms with Gasteiger partial charge in [0.1, 0.15) is 0 Å². The Hall–Kier alpha value is -2.27. The number of rotatable bonds is 5. The van der Waals surface area contributed by atoms with Crippen LogP contribution in [0.3, 0.4) is 0 Å². The van der Waals surface area contributed by atoms with Crippen molar-refractivity contribution in [1.82, 2.24) is 0 Å². The lowest BCUT2D eigenvalue weighted by Crippen LogP contribution is -2.37. The zero-order valence-electron chi connectivity index (χ0n) is 11.1. The largest absolute Gasteiger partial charge is 0.478 e. The van der Waals surface area contributed by atoms with Gasteiger partial charge in [0.25, 0.3) is 10.0 Å². The molecule has 0 aromatic heterocycles. The molecule has 7 nitrogen and oxygen atoms in total. The van der Waals surface area contributed by atoms with Crippen molar-refractivity contribution in [2.75, 3.05) is 16.6 Å². The van der Waals surface area contributed by atoms with Gasteiger partial charge in [-0.3, -0.25) is 4.31 Å². The second kappa shape index (κ2) is 5.79. The first-order valence-corrected chi connectivity index (χ1v) is 7.30. The fourth-order valence-corrected chi connectivity index (χ4v) is 2.97. The number of nitrogen functional groups attached to an aromatic ring is 1. The Bertz CT molecular complexity index is 664. The number of carboxylic acid groups (broad SMARTS) is 1. The van der Waals surface area contributed by atoms with Gasteiger partial charge in [0.05, 0.1) is 23.0 Å². The van der Waals surface area contributed by atoms with Crippen molar-refractivity contribution in [1.29, 1.82) is 5.26 Å². The van der Waals surface area contributed by atoms with Gasteiger partial charge in [-0.25, -0.2) is 13.2 Å². The molecule has 108 valence electrons. The van der Waals surface area contributed by atoms with Crippen molar-refractivity contribution in [3.8, 4) is 6.07 Å². The van der Waals surface area contributed by atoms with Gasteiger partial charge in [-0.05, 0) is 32.0 Å². The van der Waals surface area contributed by atoms with Gasteiger partial charge in [0.15, 0.2) is 5.25 Å². The van der Waals surface area contributed by atoms with E-state index < -0.39 is 21.2 Å². The SMILES string of the molecule is CCN(c1ccc(C(=O)O)cc1N)S(=O)(=O)C(C)C#N. The summed E-state index contributed by atoms with van der Waals surface area (Å²) in [5, 5.41) is 16.4. The van der Waals surface area contributed by atoms with E-state index in [1.807, 2.05) is 0 Å². The maximum atomic E-state index is 12.2. The van der Waals surface area contributed by atoms with Gasteiger partial charge < -0.3 is 10.8 Å². The van der Waals surface area contributed by atoms with Crippen molar-refractivity contribution >= 4 is 27.4 Å². The van der Waals surface area contributed by atoms with E-state index in [9.17, 15) is 13.2 Å². The molecule has 0 bridgehead atoms. The lowest BCUT2D eigenvalue weighted by atomic mass is 10.2. The second-order valence-corrected chi connectivity index (χ2v) is 6.24. The van der Waals surface area contributed by atoms with Crippen molar-refractivity contribution < 1.29 is 18.3 Å². The van der Waals surface area contributed by atoms with Crippen LogP contribution in [-0.2, 0) is 10.0 Å². The van der Waals surface area contributed by atoms with E-state index in [1.165, 1.54) is 25.1 Å². The van der Waals surface area contributed by atoms with Gasteiger partial charge in [-0.15, -0.1) is 0 Å². The number of carbonyl (C=O) groups is 1. The molecule has 0 aliphatic carbocycles. The average Bonchev–Trinajstić information content (AvgIpc) is 2.39. The molecule has 0 radical (unpaired) electrons. The highest BCUT2D eigenvalue weighted by molar-refractivity contribution is 7.93. The number of aromatic carboxylic acids is 1. The van der Waals surface area contributed by atoms with Gasteiger partial charge in [-0.1, -0.05) is 0 Å². The Labute approximate surface area is 117 Å². The summed E-state index contributed by atoms with van der Waals surface area (Å²) < 4.78 is 25.4. The van der Waals surface area contributed by atoms with Crippen LogP contribution in [0.25, 0.3) is 0 Å². The standard InChI is InChI=1S/C12H15N3O4S/c1-3-15(20(18,19)8(2)7-13)11-5-4-9(12(16)17)6-10(11)14/h4-6,8H,3,14H2,1-2H3,(H,16,17). The number of hydrogen-bond acceptors (Lipinski definition) is 5. The molecule has 0 saturated heterocycles. The van der Waals surface area contributed by atoms with Crippen molar-refractivity contribution in [2.24, 2.45) is 0 Å². The summed E-state index contributed by atoms with van der Waals surface area (Å²) >= 11 is 0. The fraction of sp³-hybridized carbons (Fsp3) is 0.333. The van der Waals surface area contributed by atoms with Gasteiger partial charge in [0, 0.05) is 6.54 Å². The number of sulfonamides is 1. The van der Waals surface area contributed by atoms with Gasteiger partial charge in [0.2, 0.25) is 0 Å². The first-order valence-electron chi connectivity index (χ1n) is 5.79. The number of nitrogens with zero attached hydrogens (tertiary/aromatic N) is 2.